The topological polar surface area (TPSA) is 58.1 Å². The molecule has 0 radical (unpaired) electrons. The first kappa shape index (κ1) is 15.1. The fourth-order valence-corrected chi connectivity index (χ4v) is 2.85. The normalized spacial score (nSPS) is 10.8. The third-order valence-electron chi connectivity index (χ3n) is 4.15. The van der Waals surface area contributed by atoms with E-state index in [1.807, 2.05) is 60.7 Å². The second-order valence-electron chi connectivity index (χ2n) is 5.72. The van der Waals surface area contributed by atoms with Gasteiger partial charge in [0, 0.05) is 35.9 Å². The number of nitrogens with zero attached hydrogens (tertiary/aromatic N) is 3. The Morgan fingerprint density at radius 3 is 2.44 bits per heavy atom. The Bertz CT molecular complexity index is 1060. The molecule has 2 heterocycles. The van der Waals surface area contributed by atoms with E-state index in [2.05, 4.69) is 15.3 Å². The molecule has 122 valence electrons. The van der Waals surface area contributed by atoms with Crippen molar-refractivity contribution in [2.45, 2.75) is 0 Å². The molecule has 25 heavy (non-hydrogen) atoms. The number of para-hydroxylation sites is 1. The predicted molar refractivity (Wildman–Crippen MR) is 101 cm³/mol. The summed E-state index contributed by atoms with van der Waals surface area (Å²) in [6.45, 7) is 0. The lowest BCUT2D eigenvalue weighted by Gasteiger charge is -2.19. The fraction of sp³-hybridized carbons (Fsp3) is 0.0500. The lowest BCUT2D eigenvalue weighted by atomic mass is 10.1. The molecule has 5 nitrogen and oxygen atoms in total. The van der Waals surface area contributed by atoms with Crippen LogP contribution in [0.1, 0.15) is 0 Å². The summed E-state index contributed by atoms with van der Waals surface area (Å²) >= 11 is 0. The van der Waals surface area contributed by atoms with Crippen LogP contribution < -0.4 is 10.2 Å². The first-order valence-electron chi connectivity index (χ1n) is 7.96. The van der Waals surface area contributed by atoms with Gasteiger partial charge in [-0.05, 0) is 36.4 Å². The first-order valence-corrected chi connectivity index (χ1v) is 7.96. The zero-order valence-electron chi connectivity index (χ0n) is 13.7. The first-order chi connectivity index (χ1) is 12.2. The fourth-order valence-electron chi connectivity index (χ4n) is 2.85. The summed E-state index contributed by atoms with van der Waals surface area (Å²) in [4.78, 5) is 23.1. The Kier molecular flexibility index (Phi) is 3.74. The average molecular weight is 328 g/mol. The molecule has 4 rings (SSSR count). The number of hydrogen-bond acceptors (Lipinski definition) is 3. The number of carbonyl (C=O) groups excluding carboxylic acids is 1. The molecule has 0 atom stereocenters. The van der Waals surface area contributed by atoms with Crippen molar-refractivity contribution < 1.29 is 4.79 Å². The highest BCUT2D eigenvalue weighted by Gasteiger charge is 2.14. The van der Waals surface area contributed by atoms with Gasteiger partial charge in [0.05, 0.1) is 16.7 Å². The number of nitrogens with one attached hydrogen (secondary N) is 1. The maximum absolute atomic E-state index is 12.7. The number of benzene rings is 2. The largest absolute Gasteiger partial charge is 0.326 e. The summed E-state index contributed by atoms with van der Waals surface area (Å²) in [6.07, 6.45) is 3.48. The summed E-state index contributed by atoms with van der Waals surface area (Å²) in [7, 11) is 1.74. The third-order valence-corrected chi connectivity index (χ3v) is 4.15. The van der Waals surface area contributed by atoms with E-state index in [1.165, 1.54) is 0 Å². The molecule has 0 aliphatic rings. The van der Waals surface area contributed by atoms with E-state index in [1.54, 1.807) is 24.3 Å². The molecule has 1 N–H and O–H groups in total. The van der Waals surface area contributed by atoms with E-state index in [4.69, 9.17) is 0 Å². The number of anilines is 2. The van der Waals surface area contributed by atoms with Gasteiger partial charge in [-0.25, -0.2) is 4.79 Å². The number of fused-ring (bicyclic) bond motifs is 3. The van der Waals surface area contributed by atoms with Crippen LogP contribution in [-0.2, 0) is 0 Å². The van der Waals surface area contributed by atoms with Crippen LogP contribution in [-0.4, -0.2) is 23.0 Å². The molecule has 0 aliphatic heterocycles. The molecule has 2 amide bonds. The van der Waals surface area contributed by atoms with E-state index in [9.17, 15) is 4.79 Å². The van der Waals surface area contributed by atoms with Crippen molar-refractivity contribution in [1.82, 2.24) is 9.97 Å². The zero-order valence-corrected chi connectivity index (χ0v) is 13.7. The standard InChI is InChI=1S/C20H16N4O/c1-24(15-8-3-2-4-9-15)20(25)23-17-13-14-7-5-11-21-18(14)19-16(17)10-6-12-22-19/h2-13H,1H3,(H,23,25). The number of hydrogen-bond donors (Lipinski definition) is 1. The van der Waals surface area contributed by atoms with Gasteiger partial charge in [-0.2, -0.15) is 0 Å². The minimum atomic E-state index is -0.209. The van der Waals surface area contributed by atoms with Gasteiger partial charge in [0.1, 0.15) is 0 Å². The maximum Gasteiger partial charge on any atom is 0.326 e. The third kappa shape index (κ3) is 2.76. The summed E-state index contributed by atoms with van der Waals surface area (Å²) in [6, 6.07) is 18.9. The number of pyridine rings is 2. The highest BCUT2D eigenvalue weighted by Crippen LogP contribution is 2.29. The van der Waals surface area contributed by atoms with Crippen molar-refractivity contribution in [1.29, 1.82) is 0 Å². The summed E-state index contributed by atoms with van der Waals surface area (Å²) < 4.78 is 0. The van der Waals surface area contributed by atoms with Crippen molar-refractivity contribution >= 4 is 39.2 Å². The monoisotopic (exact) mass is 328 g/mol. The number of amides is 2. The van der Waals surface area contributed by atoms with Gasteiger partial charge in [0.2, 0.25) is 0 Å². The van der Waals surface area contributed by atoms with Crippen LogP contribution in [0.25, 0.3) is 21.8 Å². The smallest absolute Gasteiger partial charge is 0.307 e. The van der Waals surface area contributed by atoms with Gasteiger partial charge < -0.3 is 5.32 Å². The van der Waals surface area contributed by atoms with Crippen LogP contribution in [0.4, 0.5) is 16.2 Å². The van der Waals surface area contributed by atoms with Crippen molar-refractivity contribution in [3.8, 4) is 0 Å². The Morgan fingerprint density at radius 2 is 1.64 bits per heavy atom. The molecule has 0 unspecified atom stereocenters. The maximum atomic E-state index is 12.7. The van der Waals surface area contributed by atoms with Crippen LogP contribution in [0.15, 0.2) is 73.1 Å². The van der Waals surface area contributed by atoms with E-state index in [0.717, 1.165) is 33.2 Å². The van der Waals surface area contributed by atoms with Gasteiger partial charge in [0.15, 0.2) is 0 Å². The van der Waals surface area contributed by atoms with E-state index >= 15 is 0 Å². The minimum Gasteiger partial charge on any atom is -0.307 e. The summed E-state index contributed by atoms with van der Waals surface area (Å²) in [5.74, 6) is 0. The molecule has 5 heteroatoms. The molecule has 0 aliphatic carbocycles. The number of rotatable bonds is 2. The molecular formula is C20H16N4O. The second-order valence-corrected chi connectivity index (χ2v) is 5.72. The van der Waals surface area contributed by atoms with E-state index < -0.39 is 0 Å². The van der Waals surface area contributed by atoms with Crippen molar-refractivity contribution in [3.63, 3.8) is 0 Å². The highest BCUT2D eigenvalue weighted by atomic mass is 16.2. The van der Waals surface area contributed by atoms with Gasteiger partial charge in [0.25, 0.3) is 0 Å². The Morgan fingerprint density at radius 1 is 0.920 bits per heavy atom. The molecule has 0 bridgehead atoms. The van der Waals surface area contributed by atoms with Crippen LogP contribution in [0.2, 0.25) is 0 Å². The molecule has 0 saturated heterocycles. The van der Waals surface area contributed by atoms with Crippen LogP contribution in [0.3, 0.4) is 0 Å². The van der Waals surface area contributed by atoms with Gasteiger partial charge in [-0.15, -0.1) is 0 Å². The Hall–Kier alpha value is -3.47. The van der Waals surface area contributed by atoms with E-state index in [-0.39, 0.29) is 6.03 Å². The summed E-state index contributed by atoms with van der Waals surface area (Å²) in [5, 5.41) is 4.80. The molecule has 2 aromatic heterocycles. The molecule has 2 aromatic carbocycles. The number of aromatic nitrogens is 2. The Balaban J connectivity index is 1.77. The second kappa shape index (κ2) is 6.20. The van der Waals surface area contributed by atoms with Gasteiger partial charge in [-0.1, -0.05) is 24.3 Å². The van der Waals surface area contributed by atoms with Gasteiger partial charge in [-0.3, -0.25) is 14.9 Å². The van der Waals surface area contributed by atoms with Crippen molar-refractivity contribution in [2.24, 2.45) is 0 Å². The van der Waals surface area contributed by atoms with Gasteiger partial charge >= 0.3 is 6.03 Å². The van der Waals surface area contributed by atoms with Crippen molar-refractivity contribution in [2.75, 3.05) is 17.3 Å². The SMILES string of the molecule is CN(C(=O)Nc1cc2cccnc2c2ncccc12)c1ccccc1. The number of carbonyl (C=O) groups is 1. The molecule has 0 saturated carbocycles. The highest BCUT2D eigenvalue weighted by molar-refractivity contribution is 6.13. The lowest BCUT2D eigenvalue weighted by Crippen LogP contribution is -2.31. The predicted octanol–water partition coefficient (Wildman–Crippen LogP) is 4.45. The Labute approximate surface area is 144 Å². The molecule has 0 fully saturated rings. The quantitative estimate of drug-likeness (QED) is 0.553. The van der Waals surface area contributed by atoms with Crippen LogP contribution in [0.5, 0.6) is 0 Å². The zero-order chi connectivity index (χ0) is 17.2. The minimum absolute atomic E-state index is 0.209. The molecular weight excluding hydrogens is 312 g/mol. The summed E-state index contributed by atoms with van der Waals surface area (Å²) in [5.41, 5.74) is 3.15. The van der Waals surface area contributed by atoms with Crippen LogP contribution in [0, 0.1) is 0 Å². The molecule has 0 spiro atoms. The van der Waals surface area contributed by atoms with E-state index in [0.29, 0.717) is 0 Å². The van der Waals surface area contributed by atoms with Crippen molar-refractivity contribution in [3.05, 3.63) is 73.1 Å². The number of urea groups is 1. The molecule has 4 aromatic rings. The lowest BCUT2D eigenvalue weighted by molar-refractivity contribution is 0.258. The average Bonchev–Trinajstić information content (AvgIpc) is 2.68. The van der Waals surface area contributed by atoms with Crippen LogP contribution >= 0.6 is 0 Å².